The maximum Gasteiger partial charge on any atom is 0.327 e. The maximum atomic E-state index is 12.2. The lowest BCUT2D eigenvalue weighted by Crippen LogP contribution is -2.60. The zero-order valence-electron chi connectivity index (χ0n) is 14.4. The first kappa shape index (κ1) is 18.4. The minimum Gasteiger partial charge on any atom is -0.465 e. The molecule has 0 saturated carbocycles. The second-order valence-electron chi connectivity index (χ2n) is 6.15. The van der Waals surface area contributed by atoms with Gasteiger partial charge in [0.1, 0.15) is 5.54 Å². The van der Waals surface area contributed by atoms with Crippen LogP contribution in [0.4, 0.5) is 0 Å². The van der Waals surface area contributed by atoms with Crippen LogP contribution in [0.25, 0.3) is 0 Å². The molecule has 1 fully saturated rings. The number of likely N-dealkylation sites (N-methyl/N-ethyl adjacent to an activating group) is 1. The first-order valence-corrected chi connectivity index (χ1v) is 8.35. The molecular weight excluding hydrogens is 266 g/mol. The van der Waals surface area contributed by atoms with Gasteiger partial charge in [0.15, 0.2) is 0 Å². The fourth-order valence-electron chi connectivity index (χ4n) is 2.94. The highest BCUT2D eigenvalue weighted by Crippen LogP contribution is 2.14. The van der Waals surface area contributed by atoms with Crippen molar-refractivity contribution in [3.63, 3.8) is 0 Å². The number of carbonyl (C=O) groups excluding carboxylic acids is 1. The Labute approximate surface area is 130 Å². The number of esters is 1. The lowest BCUT2D eigenvalue weighted by Gasteiger charge is -2.41. The van der Waals surface area contributed by atoms with E-state index in [1.165, 1.54) is 6.42 Å². The molecule has 0 spiro atoms. The molecule has 0 aromatic rings. The van der Waals surface area contributed by atoms with Crippen molar-refractivity contribution in [2.24, 2.45) is 0 Å². The monoisotopic (exact) mass is 299 g/mol. The minimum atomic E-state index is -0.608. The van der Waals surface area contributed by atoms with Crippen molar-refractivity contribution in [3.05, 3.63) is 0 Å². The molecule has 0 aliphatic carbocycles. The van der Waals surface area contributed by atoms with Crippen molar-refractivity contribution in [2.75, 3.05) is 45.9 Å². The van der Waals surface area contributed by atoms with E-state index in [1.54, 1.807) is 0 Å². The molecule has 1 N–H and O–H groups in total. The molecule has 124 valence electrons. The maximum absolute atomic E-state index is 12.2. The second kappa shape index (κ2) is 8.71. The Morgan fingerprint density at radius 2 is 1.86 bits per heavy atom. The zero-order chi connectivity index (χ0) is 15.9. The van der Waals surface area contributed by atoms with E-state index < -0.39 is 5.54 Å². The molecule has 1 aliphatic heterocycles. The van der Waals surface area contributed by atoms with Crippen LogP contribution in [-0.4, -0.2) is 73.2 Å². The summed E-state index contributed by atoms with van der Waals surface area (Å²) in [6.07, 6.45) is 1.19. The summed E-state index contributed by atoms with van der Waals surface area (Å²) >= 11 is 0. The SMILES string of the molecule is CCNC(C)(CN1CCN(C(C)CC)CC1)C(=O)OCC. The molecule has 0 bridgehead atoms. The van der Waals surface area contributed by atoms with Gasteiger partial charge in [-0.25, -0.2) is 0 Å². The van der Waals surface area contributed by atoms with Crippen LogP contribution < -0.4 is 5.32 Å². The first-order valence-electron chi connectivity index (χ1n) is 8.35. The van der Waals surface area contributed by atoms with Crippen LogP contribution in [0.1, 0.15) is 41.0 Å². The van der Waals surface area contributed by atoms with Gasteiger partial charge in [0.2, 0.25) is 0 Å². The molecule has 0 radical (unpaired) electrons. The van der Waals surface area contributed by atoms with E-state index in [-0.39, 0.29) is 5.97 Å². The van der Waals surface area contributed by atoms with Gasteiger partial charge in [0.05, 0.1) is 6.61 Å². The Kier molecular flexibility index (Phi) is 7.63. The highest BCUT2D eigenvalue weighted by atomic mass is 16.5. The number of nitrogens with zero attached hydrogens (tertiary/aromatic N) is 2. The van der Waals surface area contributed by atoms with E-state index in [1.807, 2.05) is 20.8 Å². The third-order valence-electron chi connectivity index (χ3n) is 4.45. The summed E-state index contributed by atoms with van der Waals surface area (Å²) < 4.78 is 5.24. The van der Waals surface area contributed by atoms with Gasteiger partial charge in [-0.05, 0) is 33.7 Å². The molecule has 2 unspecified atom stereocenters. The van der Waals surface area contributed by atoms with Crippen molar-refractivity contribution < 1.29 is 9.53 Å². The summed E-state index contributed by atoms with van der Waals surface area (Å²) in [6.45, 7) is 16.5. The summed E-state index contributed by atoms with van der Waals surface area (Å²) in [5.41, 5.74) is -0.608. The molecule has 0 aromatic heterocycles. The fourth-order valence-corrected chi connectivity index (χ4v) is 2.94. The first-order chi connectivity index (χ1) is 9.96. The summed E-state index contributed by atoms with van der Waals surface area (Å²) in [6, 6.07) is 0.650. The molecule has 1 aliphatic rings. The number of hydrogen-bond donors (Lipinski definition) is 1. The Hall–Kier alpha value is -0.650. The molecule has 21 heavy (non-hydrogen) atoms. The molecule has 1 saturated heterocycles. The lowest BCUT2D eigenvalue weighted by molar-refractivity contribution is -0.151. The minimum absolute atomic E-state index is 0.142. The summed E-state index contributed by atoms with van der Waals surface area (Å²) in [5.74, 6) is -0.142. The zero-order valence-corrected chi connectivity index (χ0v) is 14.4. The van der Waals surface area contributed by atoms with Crippen molar-refractivity contribution in [2.45, 2.75) is 52.6 Å². The number of nitrogens with one attached hydrogen (secondary N) is 1. The normalized spacial score (nSPS) is 21.8. The summed E-state index contributed by atoms with van der Waals surface area (Å²) in [7, 11) is 0. The van der Waals surface area contributed by atoms with Crippen LogP contribution in [0.15, 0.2) is 0 Å². The number of carbonyl (C=O) groups is 1. The van der Waals surface area contributed by atoms with Crippen LogP contribution in [0.5, 0.6) is 0 Å². The van der Waals surface area contributed by atoms with Gasteiger partial charge in [-0.15, -0.1) is 0 Å². The largest absolute Gasteiger partial charge is 0.465 e. The third-order valence-corrected chi connectivity index (χ3v) is 4.45. The molecule has 0 aromatic carbocycles. The van der Waals surface area contributed by atoms with Crippen LogP contribution in [-0.2, 0) is 9.53 Å². The van der Waals surface area contributed by atoms with Crippen molar-refractivity contribution in [3.8, 4) is 0 Å². The van der Waals surface area contributed by atoms with Gasteiger partial charge in [-0.1, -0.05) is 13.8 Å². The van der Waals surface area contributed by atoms with Crippen LogP contribution in [0, 0.1) is 0 Å². The standard InChI is InChI=1S/C16H33N3O2/c1-6-14(4)19-11-9-18(10-12-19)13-16(5,17-7-2)15(20)21-8-3/h14,17H,6-13H2,1-5H3. The number of rotatable bonds is 8. The molecule has 1 rings (SSSR count). The third kappa shape index (κ3) is 5.24. The van der Waals surface area contributed by atoms with Crippen LogP contribution in [0.2, 0.25) is 0 Å². The Balaban J connectivity index is 2.55. The van der Waals surface area contributed by atoms with Crippen LogP contribution >= 0.6 is 0 Å². The molecule has 1 heterocycles. The number of hydrogen-bond acceptors (Lipinski definition) is 5. The van der Waals surface area contributed by atoms with Crippen molar-refractivity contribution in [1.82, 2.24) is 15.1 Å². The molecular formula is C16H33N3O2. The van der Waals surface area contributed by atoms with Crippen molar-refractivity contribution in [1.29, 1.82) is 0 Å². The van der Waals surface area contributed by atoms with Gasteiger partial charge in [-0.3, -0.25) is 14.6 Å². The van der Waals surface area contributed by atoms with E-state index in [4.69, 9.17) is 4.74 Å². The Morgan fingerprint density at radius 1 is 1.24 bits per heavy atom. The van der Waals surface area contributed by atoms with E-state index >= 15 is 0 Å². The van der Waals surface area contributed by atoms with Gasteiger partial charge in [-0.2, -0.15) is 0 Å². The lowest BCUT2D eigenvalue weighted by atomic mass is 10.0. The van der Waals surface area contributed by atoms with E-state index in [0.29, 0.717) is 19.2 Å². The number of ether oxygens (including phenoxy) is 1. The molecule has 2 atom stereocenters. The quantitative estimate of drug-likeness (QED) is 0.685. The topological polar surface area (TPSA) is 44.8 Å². The average molecular weight is 299 g/mol. The van der Waals surface area contributed by atoms with Gasteiger partial charge in [0, 0.05) is 38.8 Å². The van der Waals surface area contributed by atoms with Crippen molar-refractivity contribution >= 4 is 5.97 Å². The average Bonchev–Trinajstić information content (AvgIpc) is 2.47. The smallest absolute Gasteiger partial charge is 0.327 e. The fraction of sp³-hybridized carbons (Fsp3) is 0.938. The van der Waals surface area contributed by atoms with E-state index in [2.05, 4.69) is 29.0 Å². The van der Waals surface area contributed by atoms with E-state index in [9.17, 15) is 4.79 Å². The molecule has 5 nitrogen and oxygen atoms in total. The summed E-state index contributed by atoms with van der Waals surface area (Å²) in [5, 5.41) is 3.31. The van der Waals surface area contributed by atoms with Crippen LogP contribution in [0.3, 0.4) is 0 Å². The van der Waals surface area contributed by atoms with Gasteiger partial charge in [0.25, 0.3) is 0 Å². The highest BCUT2D eigenvalue weighted by molar-refractivity contribution is 5.80. The summed E-state index contributed by atoms with van der Waals surface area (Å²) in [4.78, 5) is 17.1. The Bertz CT molecular complexity index is 317. The highest BCUT2D eigenvalue weighted by Gasteiger charge is 2.36. The predicted octanol–water partition coefficient (Wildman–Crippen LogP) is 1.33. The predicted molar refractivity (Wildman–Crippen MR) is 86.5 cm³/mol. The number of piperazine rings is 1. The Morgan fingerprint density at radius 3 is 2.33 bits per heavy atom. The molecule has 0 amide bonds. The van der Waals surface area contributed by atoms with Gasteiger partial charge >= 0.3 is 5.97 Å². The van der Waals surface area contributed by atoms with Gasteiger partial charge < -0.3 is 10.1 Å². The van der Waals surface area contributed by atoms with E-state index in [0.717, 1.165) is 32.7 Å². The molecule has 5 heteroatoms. The second-order valence-corrected chi connectivity index (χ2v) is 6.15.